The number of halogens is 3. The van der Waals surface area contributed by atoms with E-state index in [4.69, 9.17) is 0 Å². The number of aromatic nitrogens is 2. The van der Waals surface area contributed by atoms with Gasteiger partial charge in [-0.05, 0) is 19.1 Å². The molecule has 0 saturated heterocycles. The Hall–Kier alpha value is -1.52. The Morgan fingerprint density at radius 1 is 1.19 bits per heavy atom. The Morgan fingerprint density at radius 2 is 1.81 bits per heavy atom. The first-order chi connectivity index (χ1) is 7.50. The largest absolute Gasteiger partial charge is 0.435 e. The minimum Gasteiger partial charge on any atom is -0.240 e. The highest BCUT2D eigenvalue weighted by molar-refractivity contribution is 5.56. The molecule has 0 spiro atoms. The molecule has 0 aliphatic carbocycles. The summed E-state index contributed by atoms with van der Waals surface area (Å²) in [6.07, 6.45) is -2.88. The molecule has 2 rings (SSSR count). The minimum absolute atomic E-state index is 0.165. The standard InChI is InChI=1S/C9H7F3N2.C2H6/c1-6-7-4-2-3-5-14(7)13-8(6)9(10,11)12;1-2/h2-5H,1H3;1-2H3. The van der Waals surface area contributed by atoms with Crippen LogP contribution in [-0.4, -0.2) is 9.61 Å². The molecule has 0 radical (unpaired) electrons. The molecule has 0 amide bonds. The lowest BCUT2D eigenvalue weighted by Gasteiger charge is -2.01. The molecule has 2 aromatic rings. The van der Waals surface area contributed by atoms with Gasteiger partial charge in [0.2, 0.25) is 0 Å². The van der Waals surface area contributed by atoms with Gasteiger partial charge in [0, 0.05) is 11.8 Å². The van der Waals surface area contributed by atoms with Crippen LogP contribution in [0.1, 0.15) is 25.1 Å². The molecule has 0 unspecified atom stereocenters. The van der Waals surface area contributed by atoms with Crippen LogP contribution < -0.4 is 0 Å². The molecule has 0 fully saturated rings. The molecule has 2 aromatic heterocycles. The highest BCUT2D eigenvalue weighted by atomic mass is 19.4. The maximum atomic E-state index is 12.4. The van der Waals surface area contributed by atoms with E-state index in [1.54, 1.807) is 18.2 Å². The number of fused-ring (bicyclic) bond motifs is 1. The van der Waals surface area contributed by atoms with Crippen molar-refractivity contribution in [3.63, 3.8) is 0 Å². The van der Waals surface area contributed by atoms with Crippen LogP contribution in [0.25, 0.3) is 5.52 Å². The number of rotatable bonds is 0. The molecule has 0 aliphatic rings. The van der Waals surface area contributed by atoms with Gasteiger partial charge < -0.3 is 0 Å². The van der Waals surface area contributed by atoms with Gasteiger partial charge in [0.25, 0.3) is 0 Å². The van der Waals surface area contributed by atoms with E-state index in [1.165, 1.54) is 17.6 Å². The third-order valence-electron chi connectivity index (χ3n) is 2.05. The molecule has 0 aliphatic heterocycles. The van der Waals surface area contributed by atoms with E-state index in [1.807, 2.05) is 13.8 Å². The average molecular weight is 230 g/mol. The molecular weight excluding hydrogens is 217 g/mol. The molecule has 0 atom stereocenters. The van der Waals surface area contributed by atoms with Crippen molar-refractivity contribution in [2.45, 2.75) is 26.9 Å². The lowest BCUT2D eigenvalue weighted by molar-refractivity contribution is -0.141. The van der Waals surface area contributed by atoms with Crippen molar-refractivity contribution < 1.29 is 13.2 Å². The van der Waals surface area contributed by atoms with E-state index < -0.39 is 11.9 Å². The fourth-order valence-corrected chi connectivity index (χ4v) is 1.39. The van der Waals surface area contributed by atoms with Gasteiger partial charge in [0.15, 0.2) is 5.69 Å². The van der Waals surface area contributed by atoms with Crippen LogP contribution in [0.15, 0.2) is 24.4 Å². The monoisotopic (exact) mass is 230 g/mol. The van der Waals surface area contributed by atoms with Gasteiger partial charge in [-0.2, -0.15) is 18.3 Å². The van der Waals surface area contributed by atoms with Gasteiger partial charge >= 0.3 is 6.18 Å². The molecule has 0 N–H and O–H groups in total. The molecule has 5 heteroatoms. The van der Waals surface area contributed by atoms with E-state index in [2.05, 4.69) is 5.10 Å². The first kappa shape index (κ1) is 12.5. The van der Waals surface area contributed by atoms with E-state index in [0.717, 1.165) is 0 Å². The van der Waals surface area contributed by atoms with Gasteiger partial charge in [-0.1, -0.05) is 19.9 Å². The summed E-state index contributed by atoms with van der Waals surface area (Å²) >= 11 is 0. The predicted octanol–water partition coefficient (Wildman–Crippen LogP) is 3.69. The maximum absolute atomic E-state index is 12.4. The number of hydrogen-bond acceptors (Lipinski definition) is 1. The number of aryl methyl sites for hydroxylation is 1. The van der Waals surface area contributed by atoms with Gasteiger partial charge in [-0.3, -0.25) is 0 Å². The molecule has 0 saturated carbocycles. The van der Waals surface area contributed by atoms with Crippen LogP contribution in [0.5, 0.6) is 0 Å². The van der Waals surface area contributed by atoms with E-state index in [-0.39, 0.29) is 5.56 Å². The lowest BCUT2D eigenvalue weighted by atomic mass is 10.2. The Balaban J connectivity index is 0.000000606. The molecule has 2 nitrogen and oxygen atoms in total. The normalized spacial score (nSPS) is 11.1. The average Bonchev–Trinajstić information content (AvgIpc) is 2.60. The number of pyridine rings is 1. The van der Waals surface area contributed by atoms with Crippen molar-refractivity contribution in [1.29, 1.82) is 0 Å². The van der Waals surface area contributed by atoms with E-state index in [9.17, 15) is 13.2 Å². The zero-order valence-electron chi connectivity index (χ0n) is 9.34. The van der Waals surface area contributed by atoms with Crippen molar-refractivity contribution in [3.05, 3.63) is 35.7 Å². The smallest absolute Gasteiger partial charge is 0.240 e. The molecule has 88 valence electrons. The highest BCUT2D eigenvalue weighted by Crippen LogP contribution is 2.31. The fraction of sp³-hybridized carbons (Fsp3) is 0.364. The Morgan fingerprint density at radius 3 is 2.31 bits per heavy atom. The van der Waals surface area contributed by atoms with Gasteiger partial charge in [-0.25, -0.2) is 4.52 Å². The zero-order chi connectivity index (χ0) is 12.3. The van der Waals surface area contributed by atoms with E-state index in [0.29, 0.717) is 5.52 Å². The van der Waals surface area contributed by atoms with Crippen LogP contribution in [-0.2, 0) is 6.18 Å². The van der Waals surface area contributed by atoms with Crippen LogP contribution in [0.3, 0.4) is 0 Å². The third kappa shape index (κ3) is 2.18. The quantitative estimate of drug-likeness (QED) is 0.674. The summed E-state index contributed by atoms with van der Waals surface area (Å²) in [5.74, 6) is 0. The van der Waals surface area contributed by atoms with Gasteiger partial charge in [-0.15, -0.1) is 0 Å². The second kappa shape index (κ2) is 4.55. The SMILES string of the molecule is CC.Cc1c(C(F)(F)F)nn2ccccc12. The molecule has 16 heavy (non-hydrogen) atoms. The Bertz CT molecular complexity index is 472. The van der Waals surface area contributed by atoms with Crippen molar-refractivity contribution in [2.75, 3.05) is 0 Å². The van der Waals surface area contributed by atoms with E-state index >= 15 is 0 Å². The maximum Gasteiger partial charge on any atom is 0.435 e. The summed E-state index contributed by atoms with van der Waals surface area (Å²) < 4.78 is 38.5. The summed E-state index contributed by atoms with van der Waals surface area (Å²) in [4.78, 5) is 0. The second-order valence-corrected chi connectivity index (χ2v) is 3.00. The minimum atomic E-state index is -4.38. The first-order valence-corrected chi connectivity index (χ1v) is 5.01. The van der Waals surface area contributed by atoms with Crippen LogP contribution in [0, 0.1) is 6.92 Å². The lowest BCUT2D eigenvalue weighted by Crippen LogP contribution is -2.07. The third-order valence-corrected chi connectivity index (χ3v) is 2.05. The van der Waals surface area contributed by atoms with Crippen molar-refractivity contribution in [3.8, 4) is 0 Å². The number of alkyl halides is 3. The van der Waals surface area contributed by atoms with Crippen molar-refractivity contribution >= 4 is 5.52 Å². The van der Waals surface area contributed by atoms with Gasteiger partial charge in [0.1, 0.15) is 0 Å². The number of nitrogens with zero attached hydrogens (tertiary/aromatic N) is 2. The summed E-state index contributed by atoms with van der Waals surface area (Å²) in [5, 5.41) is 3.48. The van der Waals surface area contributed by atoms with Crippen molar-refractivity contribution in [2.24, 2.45) is 0 Å². The summed E-state index contributed by atoms with van der Waals surface area (Å²) in [7, 11) is 0. The van der Waals surface area contributed by atoms with Crippen LogP contribution in [0.2, 0.25) is 0 Å². The molecule has 2 heterocycles. The highest BCUT2D eigenvalue weighted by Gasteiger charge is 2.36. The van der Waals surface area contributed by atoms with Crippen molar-refractivity contribution in [1.82, 2.24) is 9.61 Å². The molecule has 0 aromatic carbocycles. The Kier molecular flexibility index (Phi) is 3.57. The molecular formula is C11H13F3N2. The predicted molar refractivity (Wildman–Crippen MR) is 56.3 cm³/mol. The first-order valence-electron chi connectivity index (χ1n) is 5.01. The van der Waals surface area contributed by atoms with Crippen LogP contribution >= 0.6 is 0 Å². The fourth-order valence-electron chi connectivity index (χ4n) is 1.39. The molecule has 0 bridgehead atoms. The summed E-state index contributed by atoms with van der Waals surface area (Å²) in [6.45, 7) is 5.42. The van der Waals surface area contributed by atoms with Gasteiger partial charge in [0.05, 0.1) is 5.52 Å². The second-order valence-electron chi connectivity index (χ2n) is 3.00. The zero-order valence-corrected chi connectivity index (χ0v) is 9.34. The summed E-state index contributed by atoms with van der Waals surface area (Å²) in [6, 6.07) is 4.93. The summed E-state index contributed by atoms with van der Waals surface area (Å²) in [5.41, 5.74) is -0.165. The van der Waals surface area contributed by atoms with Crippen LogP contribution in [0.4, 0.5) is 13.2 Å². The number of hydrogen-bond donors (Lipinski definition) is 0. The Labute approximate surface area is 91.7 Å². The topological polar surface area (TPSA) is 17.3 Å².